The topological polar surface area (TPSA) is 63.6 Å². The van der Waals surface area contributed by atoms with E-state index in [1.54, 1.807) is 30.3 Å². The van der Waals surface area contributed by atoms with Gasteiger partial charge in [0, 0.05) is 0 Å². The standard InChI is InChI=1S/C9H10F2O4S/c10-9(11,16(12,13)14)7-15-6-8-4-2-1-3-5-8/h1-5H,6-7H2,(H,12,13,14). The number of alkyl halides is 2. The molecule has 0 unspecified atom stereocenters. The van der Waals surface area contributed by atoms with Crippen LogP contribution in [0.3, 0.4) is 0 Å². The number of hydrogen-bond donors (Lipinski definition) is 1. The molecule has 0 atom stereocenters. The highest BCUT2D eigenvalue weighted by molar-refractivity contribution is 7.86. The molecule has 0 bridgehead atoms. The van der Waals surface area contributed by atoms with Crippen molar-refractivity contribution in [2.75, 3.05) is 6.61 Å². The van der Waals surface area contributed by atoms with Crippen molar-refractivity contribution in [2.24, 2.45) is 0 Å². The molecule has 0 amide bonds. The van der Waals surface area contributed by atoms with Crippen LogP contribution in [0.1, 0.15) is 5.56 Å². The van der Waals surface area contributed by atoms with Gasteiger partial charge in [0.05, 0.1) is 6.61 Å². The summed E-state index contributed by atoms with van der Waals surface area (Å²) in [7, 11) is -5.42. The van der Waals surface area contributed by atoms with Crippen molar-refractivity contribution < 1.29 is 26.5 Å². The first-order chi connectivity index (χ1) is 7.33. The van der Waals surface area contributed by atoms with E-state index in [0.717, 1.165) is 0 Å². The fourth-order valence-electron chi connectivity index (χ4n) is 0.936. The lowest BCUT2D eigenvalue weighted by atomic mass is 10.2. The molecule has 0 spiro atoms. The van der Waals surface area contributed by atoms with Crippen LogP contribution in [0.4, 0.5) is 8.78 Å². The zero-order valence-corrected chi connectivity index (χ0v) is 8.95. The van der Waals surface area contributed by atoms with Gasteiger partial charge < -0.3 is 4.74 Å². The molecule has 0 heterocycles. The summed E-state index contributed by atoms with van der Waals surface area (Å²) in [5.74, 6) is 0. The molecule has 7 heteroatoms. The van der Waals surface area contributed by atoms with E-state index >= 15 is 0 Å². The molecular formula is C9H10F2O4S. The number of hydrogen-bond acceptors (Lipinski definition) is 3. The van der Waals surface area contributed by atoms with Gasteiger partial charge in [-0.2, -0.15) is 17.2 Å². The predicted molar refractivity (Wildman–Crippen MR) is 52.6 cm³/mol. The maximum atomic E-state index is 12.7. The second kappa shape index (κ2) is 4.86. The molecule has 0 saturated heterocycles. The summed E-state index contributed by atoms with van der Waals surface area (Å²) in [5, 5.41) is -4.28. The minimum atomic E-state index is -5.42. The van der Waals surface area contributed by atoms with Crippen molar-refractivity contribution in [1.29, 1.82) is 0 Å². The SMILES string of the molecule is O=S(=O)(O)C(F)(F)COCc1ccccc1. The zero-order valence-electron chi connectivity index (χ0n) is 8.14. The highest BCUT2D eigenvalue weighted by atomic mass is 32.2. The van der Waals surface area contributed by atoms with Crippen LogP contribution in [0.2, 0.25) is 0 Å². The summed E-state index contributed by atoms with van der Waals surface area (Å²) in [6.45, 7) is -1.52. The van der Waals surface area contributed by atoms with Crippen LogP contribution >= 0.6 is 0 Å². The van der Waals surface area contributed by atoms with Gasteiger partial charge in [-0.1, -0.05) is 30.3 Å². The van der Waals surface area contributed by atoms with Crippen molar-refractivity contribution in [2.45, 2.75) is 11.9 Å². The summed E-state index contributed by atoms with van der Waals surface area (Å²) in [5.41, 5.74) is 0.633. The highest BCUT2D eigenvalue weighted by Gasteiger charge is 2.44. The molecule has 90 valence electrons. The summed E-state index contributed by atoms with van der Waals surface area (Å²) >= 11 is 0. The van der Waals surface area contributed by atoms with Crippen molar-refractivity contribution in [3.63, 3.8) is 0 Å². The van der Waals surface area contributed by atoms with Gasteiger partial charge in [0.25, 0.3) is 0 Å². The van der Waals surface area contributed by atoms with Gasteiger partial charge in [0.1, 0.15) is 6.61 Å². The maximum Gasteiger partial charge on any atom is 0.392 e. The third-order valence-electron chi connectivity index (χ3n) is 1.76. The normalized spacial score (nSPS) is 12.7. The Balaban J connectivity index is 2.48. The van der Waals surface area contributed by atoms with Crippen LogP contribution in [-0.2, 0) is 21.5 Å². The lowest BCUT2D eigenvalue weighted by Gasteiger charge is -2.12. The fraction of sp³-hybridized carbons (Fsp3) is 0.333. The predicted octanol–water partition coefficient (Wildman–Crippen LogP) is 1.68. The van der Waals surface area contributed by atoms with Gasteiger partial charge in [-0.3, -0.25) is 4.55 Å². The maximum absolute atomic E-state index is 12.7. The molecule has 0 aliphatic heterocycles. The van der Waals surface area contributed by atoms with Crippen LogP contribution in [0.15, 0.2) is 30.3 Å². The van der Waals surface area contributed by atoms with Gasteiger partial charge in [-0.25, -0.2) is 0 Å². The molecule has 0 fully saturated rings. The van der Waals surface area contributed by atoms with Crippen LogP contribution in [0.5, 0.6) is 0 Å². The first kappa shape index (κ1) is 13.0. The van der Waals surface area contributed by atoms with E-state index in [1.807, 2.05) is 0 Å². The smallest absolute Gasteiger partial charge is 0.369 e. The molecule has 0 radical (unpaired) electrons. The minimum absolute atomic E-state index is 0.147. The summed E-state index contributed by atoms with van der Waals surface area (Å²) in [4.78, 5) is 0. The Kier molecular flexibility index (Phi) is 3.95. The van der Waals surface area contributed by atoms with E-state index in [0.29, 0.717) is 5.56 Å². The van der Waals surface area contributed by atoms with Crippen molar-refractivity contribution in [1.82, 2.24) is 0 Å². The second-order valence-corrected chi connectivity index (χ2v) is 4.64. The monoisotopic (exact) mass is 252 g/mol. The first-order valence-corrected chi connectivity index (χ1v) is 5.73. The van der Waals surface area contributed by atoms with Gasteiger partial charge in [0.2, 0.25) is 0 Å². The Morgan fingerprint density at radius 3 is 2.31 bits per heavy atom. The molecule has 0 aliphatic carbocycles. The van der Waals surface area contributed by atoms with Gasteiger partial charge in [-0.05, 0) is 5.56 Å². The van der Waals surface area contributed by atoms with Gasteiger partial charge >= 0.3 is 15.4 Å². The van der Waals surface area contributed by atoms with Crippen LogP contribution in [-0.4, -0.2) is 24.8 Å². The third kappa shape index (κ3) is 3.51. The molecule has 1 aromatic rings. The molecule has 0 aliphatic rings. The Hall–Kier alpha value is -1.05. The molecule has 4 nitrogen and oxygen atoms in total. The number of rotatable bonds is 5. The molecule has 1 aromatic carbocycles. The molecule has 0 saturated carbocycles. The lowest BCUT2D eigenvalue weighted by molar-refractivity contribution is -0.0264. The Morgan fingerprint density at radius 1 is 1.25 bits per heavy atom. The van der Waals surface area contributed by atoms with Gasteiger partial charge in [0.15, 0.2) is 0 Å². The van der Waals surface area contributed by atoms with Crippen LogP contribution in [0, 0.1) is 0 Å². The van der Waals surface area contributed by atoms with E-state index in [9.17, 15) is 17.2 Å². The molecule has 16 heavy (non-hydrogen) atoms. The van der Waals surface area contributed by atoms with Crippen molar-refractivity contribution >= 4 is 10.1 Å². The lowest BCUT2D eigenvalue weighted by Crippen LogP contribution is -2.33. The van der Waals surface area contributed by atoms with E-state index in [-0.39, 0.29) is 6.61 Å². The second-order valence-electron chi connectivity index (χ2n) is 3.09. The fourth-order valence-corrected chi connectivity index (χ4v) is 1.17. The van der Waals surface area contributed by atoms with E-state index in [4.69, 9.17) is 4.55 Å². The number of benzene rings is 1. The van der Waals surface area contributed by atoms with Crippen LogP contribution < -0.4 is 0 Å². The van der Waals surface area contributed by atoms with Crippen molar-refractivity contribution in [3.05, 3.63) is 35.9 Å². The quantitative estimate of drug-likeness (QED) is 0.810. The average molecular weight is 252 g/mol. The number of halogens is 2. The molecule has 0 aromatic heterocycles. The first-order valence-electron chi connectivity index (χ1n) is 4.29. The van der Waals surface area contributed by atoms with Crippen molar-refractivity contribution in [3.8, 4) is 0 Å². The highest BCUT2D eigenvalue weighted by Crippen LogP contribution is 2.21. The Labute approximate surface area is 91.6 Å². The van der Waals surface area contributed by atoms with E-state index < -0.39 is 22.0 Å². The molecular weight excluding hydrogens is 242 g/mol. The Morgan fingerprint density at radius 2 is 1.81 bits per heavy atom. The average Bonchev–Trinajstić information content (AvgIpc) is 2.17. The summed E-state index contributed by atoms with van der Waals surface area (Å²) < 4.78 is 58.5. The zero-order chi connectivity index (χ0) is 12.2. The summed E-state index contributed by atoms with van der Waals surface area (Å²) in [6, 6.07) is 8.42. The summed E-state index contributed by atoms with van der Waals surface area (Å²) in [6.07, 6.45) is 0. The molecule has 1 N–H and O–H groups in total. The minimum Gasteiger partial charge on any atom is -0.369 e. The Bertz CT molecular complexity index is 430. The van der Waals surface area contributed by atoms with E-state index in [2.05, 4.69) is 4.74 Å². The van der Waals surface area contributed by atoms with Crippen LogP contribution in [0.25, 0.3) is 0 Å². The molecule has 1 rings (SSSR count). The largest absolute Gasteiger partial charge is 0.392 e. The van der Waals surface area contributed by atoms with Gasteiger partial charge in [-0.15, -0.1) is 0 Å². The number of ether oxygens (including phenoxy) is 1. The third-order valence-corrected chi connectivity index (χ3v) is 2.63. The van der Waals surface area contributed by atoms with E-state index in [1.165, 1.54) is 0 Å².